The van der Waals surface area contributed by atoms with Crippen molar-refractivity contribution in [3.05, 3.63) is 53.9 Å². The molecule has 0 aliphatic carbocycles. The predicted molar refractivity (Wildman–Crippen MR) is 112 cm³/mol. The highest BCUT2D eigenvalue weighted by Gasteiger charge is 2.19. The summed E-state index contributed by atoms with van der Waals surface area (Å²) in [6.45, 7) is 8.09. The summed E-state index contributed by atoms with van der Waals surface area (Å²) in [5.41, 5.74) is 4.40. The quantitative estimate of drug-likeness (QED) is 0.733. The van der Waals surface area contributed by atoms with Crippen molar-refractivity contribution in [1.29, 1.82) is 0 Å². The number of aromatic nitrogens is 2. The van der Waals surface area contributed by atoms with Crippen molar-refractivity contribution in [2.75, 3.05) is 36.5 Å². The Morgan fingerprint density at radius 3 is 2.75 bits per heavy atom. The van der Waals surface area contributed by atoms with Crippen LogP contribution < -0.4 is 10.2 Å². The first-order valence-corrected chi connectivity index (χ1v) is 9.87. The number of nitrogens with one attached hydrogen (secondary N) is 1. The van der Waals surface area contributed by atoms with Crippen LogP contribution in [-0.2, 0) is 11.3 Å². The van der Waals surface area contributed by atoms with E-state index in [1.54, 1.807) is 0 Å². The van der Waals surface area contributed by atoms with Crippen LogP contribution in [0.1, 0.15) is 29.5 Å². The van der Waals surface area contributed by atoms with Gasteiger partial charge < -0.3 is 19.5 Å². The van der Waals surface area contributed by atoms with Crippen LogP contribution >= 0.6 is 0 Å². The summed E-state index contributed by atoms with van der Waals surface area (Å²) in [7, 11) is 0. The number of aryl methyl sites for hydroxylation is 2. The number of fused-ring (bicyclic) bond motifs is 1. The molecule has 1 aliphatic rings. The molecule has 0 spiro atoms. The van der Waals surface area contributed by atoms with Crippen molar-refractivity contribution in [2.24, 2.45) is 0 Å². The van der Waals surface area contributed by atoms with Gasteiger partial charge in [0.15, 0.2) is 0 Å². The van der Waals surface area contributed by atoms with E-state index in [-0.39, 0.29) is 5.91 Å². The zero-order valence-corrected chi connectivity index (χ0v) is 16.4. The minimum atomic E-state index is -0.105. The Labute approximate surface area is 165 Å². The van der Waals surface area contributed by atoms with Gasteiger partial charge in [-0.05, 0) is 43.7 Å². The third-order valence-electron chi connectivity index (χ3n) is 5.14. The van der Waals surface area contributed by atoms with E-state index in [2.05, 4.69) is 26.7 Å². The second kappa shape index (κ2) is 8.02. The highest BCUT2D eigenvalue weighted by molar-refractivity contribution is 6.08. The number of anilines is 2. The number of rotatable bonds is 5. The topological polar surface area (TPSA) is 59.4 Å². The minimum Gasteiger partial charge on any atom is -0.378 e. The van der Waals surface area contributed by atoms with Gasteiger partial charge in [-0.3, -0.25) is 4.79 Å². The van der Waals surface area contributed by atoms with E-state index >= 15 is 0 Å². The van der Waals surface area contributed by atoms with Gasteiger partial charge in [0.25, 0.3) is 5.91 Å². The number of para-hydroxylation sites is 1. The molecular weight excluding hydrogens is 352 g/mol. The van der Waals surface area contributed by atoms with Crippen LogP contribution in [-0.4, -0.2) is 41.8 Å². The molecule has 1 saturated heterocycles. The highest BCUT2D eigenvalue weighted by atomic mass is 16.5. The molecule has 28 heavy (non-hydrogen) atoms. The van der Waals surface area contributed by atoms with E-state index in [0.29, 0.717) is 18.8 Å². The third kappa shape index (κ3) is 3.60. The first-order chi connectivity index (χ1) is 13.7. The minimum absolute atomic E-state index is 0.105. The number of carbonyl (C=O) groups excluding carboxylic acids is 1. The second-order valence-corrected chi connectivity index (χ2v) is 7.08. The molecule has 1 fully saturated rings. The lowest BCUT2D eigenvalue weighted by atomic mass is 10.1. The molecule has 4 rings (SSSR count). The average Bonchev–Trinajstić information content (AvgIpc) is 3.03. The molecule has 1 aromatic heterocycles. The number of carbonyl (C=O) groups is 1. The van der Waals surface area contributed by atoms with Crippen LogP contribution in [0.25, 0.3) is 11.0 Å². The van der Waals surface area contributed by atoms with Gasteiger partial charge in [0.2, 0.25) is 0 Å². The third-order valence-corrected chi connectivity index (χ3v) is 5.14. The Hall–Kier alpha value is -2.86. The van der Waals surface area contributed by atoms with Gasteiger partial charge in [0.1, 0.15) is 5.82 Å². The van der Waals surface area contributed by atoms with Crippen molar-refractivity contribution in [1.82, 2.24) is 9.55 Å². The summed E-state index contributed by atoms with van der Waals surface area (Å²) < 4.78 is 7.65. The number of imidazole rings is 1. The molecule has 2 heterocycles. The van der Waals surface area contributed by atoms with Crippen molar-refractivity contribution in [2.45, 2.75) is 26.8 Å². The molecule has 0 atom stereocenters. The molecule has 3 aromatic rings. The number of nitrogens with zero attached hydrogens (tertiary/aromatic N) is 3. The van der Waals surface area contributed by atoms with E-state index in [1.165, 1.54) is 0 Å². The number of amides is 1. The van der Waals surface area contributed by atoms with Crippen molar-refractivity contribution < 1.29 is 9.53 Å². The van der Waals surface area contributed by atoms with Gasteiger partial charge in [-0.1, -0.05) is 19.1 Å². The zero-order valence-electron chi connectivity index (χ0n) is 16.4. The lowest BCUT2D eigenvalue weighted by molar-refractivity contribution is 0.102. The van der Waals surface area contributed by atoms with Crippen molar-refractivity contribution in [3.8, 4) is 0 Å². The molecule has 146 valence electrons. The lowest BCUT2D eigenvalue weighted by Crippen LogP contribution is -2.37. The lowest BCUT2D eigenvalue weighted by Gasteiger charge is -2.30. The maximum absolute atomic E-state index is 13.0. The molecule has 1 N–H and O–H groups in total. The Bertz CT molecular complexity index is 989. The standard InChI is InChI=1S/C22H26N4O2/c1-3-10-26-16(2)23-19-15-17(8-9-21(19)26)24-22(27)18-6-4-5-7-20(18)25-11-13-28-14-12-25/h4-9,15H,3,10-14H2,1-2H3,(H,24,27). The van der Waals surface area contributed by atoms with Crippen LogP contribution in [0.4, 0.5) is 11.4 Å². The summed E-state index contributed by atoms with van der Waals surface area (Å²) in [4.78, 5) is 19.9. The first kappa shape index (κ1) is 18.5. The maximum atomic E-state index is 13.0. The molecule has 0 unspecified atom stereocenters. The monoisotopic (exact) mass is 378 g/mol. The Balaban J connectivity index is 1.59. The van der Waals surface area contributed by atoms with Crippen LogP contribution in [0, 0.1) is 6.92 Å². The first-order valence-electron chi connectivity index (χ1n) is 9.87. The smallest absolute Gasteiger partial charge is 0.257 e. The van der Waals surface area contributed by atoms with Gasteiger partial charge >= 0.3 is 0 Å². The molecule has 0 saturated carbocycles. The van der Waals surface area contributed by atoms with Gasteiger partial charge in [0, 0.05) is 31.0 Å². The second-order valence-electron chi connectivity index (χ2n) is 7.08. The molecule has 1 aliphatic heterocycles. The number of ether oxygens (including phenoxy) is 1. The van der Waals surface area contributed by atoms with Crippen LogP contribution in [0.5, 0.6) is 0 Å². The largest absolute Gasteiger partial charge is 0.378 e. The van der Waals surface area contributed by atoms with Gasteiger partial charge in [-0.2, -0.15) is 0 Å². The normalized spacial score (nSPS) is 14.4. The Morgan fingerprint density at radius 2 is 1.96 bits per heavy atom. The zero-order chi connectivity index (χ0) is 19.5. The molecule has 6 nitrogen and oxygen atoms in total. The Kier molecular flexibility index (Phi) is 5.30. The number of benzene rings is 2. The molecule has 6 heteroatoms. The number of morpholine rings is 1. The van der Waals surface area contributed by atoms with Crippen molar-refractivity contribution >= 4 is 28.3 Å². The van der Waals surface area contributed by atoms with Crippen LogP contribution in [0.3, 0.4) is 0 Å². The van der Waals surface area contributed by atoms with Crippen LogP contribution in [0.2, 0.25) is 0 Å². The summed E-state index contributed by atoms with van der Waals surface area (Å²) in [5.74, 6) is 0.893. The fourth-order valence-electron chi connectivity index (χ4n) is 3.78. The van der Waals surface area contributed by atoms with Gasteiger partial charge in [-0.15, -0.1) is 0 Å². The van der Waals surface area contributed by atoms with E-state index < -0.39 is 0 Å². The van der Waals surface area contributed by atoms with E-state index in [1.807, 2.05) is 49.4 Å². The van der Waals surface area contributed by atoms with Crippen LogP contribution in [0.15, 0.2) is 42.5 Å². The van der Waals surface area contributed by atoms with E-state index in [9.17, 15) is 4.79 Å². The number of hydrogen-bond acceptors (Lipinski definition) is 4. The van der Waals surface area contributed by atoms with E-state index in [0.717, 1.165) is 54.3 Å². The summed E-state index contributed by atoms with van der Waals surface area (Å²) >= 11 is 0. The summed E-state index contributed by atoms with van der Waals surface area (Å²) in [6, 6.07) is 13.7. The molecule has 0 bridgehead atoms. The van der Waals surface area contributed by atoms with Gasteiger partial charge in [0.05, 0.1) is 29.8 Å². The summed E-state index contributed by atoms with van der Waals surface area (Å²) in [6.07, 6.45) is 1.06. The van der Waals surface area contributed by atoms with Gasteiger partial charge in [-0.25, -0.2) is 4.98 Å². The highest BCUT2D eigenvalue weighted by Crippen LogP contribution is 2.25. The van der Waals surface area contributed by atoms with E-state index in [4.69, 9.17) is 4.74 Å². The molecule has 2 aromatic carbocycles. The fourth-order valence-corrected chi connectivity index (χ4v) is 3.78. The average molecular weight is 378 g/mol. The Morgan fingerprint density at radius 1 is 1.18 bits per heavy atom. The molecule has 0 radical (unpaired) electrons. The molecular formula is C22H26N4O2. The predicted octanol–water partition coefficient (Wildman–Crippen LogP) is 3.84. The fraction of sp³-hybridized carbons (Fsp3) is 0.364. The number of hydrogen-bond donors (Lipinski definition) is 1. The molecule has 1 amide bonds. The SMILES string of the molecule is CCCn1c(C)nc2cc(NC(=O)c3ccccc3N3CCOCC3)ccc21. The summed E-state index contributed by atoms with van der Waals surface area (Å²) in [5, 5.41) is 3.04. The van der Waals surface area contributed by atoms with Crippen molar-refractivity contribution in [3.63, 3.8) is 0 Å². The maximum Gasteiger partial charge on any atom is 0.257 e.